The Kier molecular flexibility index (Phi) is 5.81. The molecule has 2 heterocycles. The summed E-state index contributed by atoms with van der Waals surface area (Å²) in [5, 5.41) is 9.00. The zero-order valence-electron chi connectivity index (χ0n) is 14.0. The number of aromatic nitrogens is 1. The molecule has 1 saturated heterocycles. The van der Waals surface area contributed by atoms with Crippen molar-refractivity contribution >= 4 is 40.9 Å². The fraction of sp³-hybridized carbons (Fsp3) is 0.263. The molecule has 2 aromatic carbocycles. The molecule has 0 spiro atoms. The maximum Gasteiger partial charge on any atom is 0.229 e. The quantitative estimate of drug-likeness (QED) is 0.740. The average molecular weight is 392 g/mol. The average Bonchev–Trinajstić information content (AvgIpc) is 3.05. The van der Waals surface area contributed by atoms with Gasteiger partial charge in [0.2, 0.25) is 5.91 Å². The van der Waals surface area contributed by atoms with Crippen molar-refractivity contribution in [3.8, 4) is 0 Å². The van der Waals surface area contributed by atoms with Gasteiger partial charge in [-0.15, -0.1) is 12.4 Å². The third-order valence-corrected chi connectivity index (χ3v) is 4.94. The highest BCUT2D eigenvalue weighted by Crippen LogP contribution is 2.29. The first-order chi connectivity index (χ1) is 12.2. The largest absolute Gasteiger partial charge is 0.356 e. The first kappa shape index (κ1) is 18.7. The Labute approximate surface area is 162 Å². The van der Waals surface area contributed by atoms with Crippen LogP contribution in [0.15, 0.2) is 53.1 Å². The Morgan fingerprint density at radius 1 is 1.23 bits per heavy atom. The van der Waals surface area contributed by atoms with Crippen LogP contribution in [-0.2, 0) is 11.2 Å². The van der Waals surface area contributed by atoms with E-state index < -0.39 is 0 Å². The van der Waals surface area contributed by atoms with Gasteiger partial charge in [-0.2, -0.15) is 0 Å². The molecule has 3 aromatic rings. The van der Waals surface area contributed by atoms with E-state index in [1.54, 1.807) is 0 Å². The van der Waals surface area contributed by atoms with Gasteiger partial charge in [-0.1, -0.05) is 47.1 Å². The first-order valence-electron chi connectivity index (χ1n) is 8.32. The Balaban J connectivity index is 0.00000196. The van der Waals surface area contributed by atoms with E-state index >= 15 is 0 Å². The van der Waals surface area contributed by atoms with Gasteiger partial charge in [-0.25, -0.2) is 0 Å². The van der Waals surface area contributed by atoms with E-state index in [0.717, 1.165) is 17.5 Å². The number of hydrogen-bond acceptors (Lipinski definition) is 4. The first-order valence-corrected chi connectivity index (χ1v) is 8.70. The summed E-state index contributed by atoms with van der Waals surface area (Å²) in [6.45, 7) is 2.10. The molecule has 0 radical (unpaired) electrons. The lowest BCUT2D eigenvalue weighted by Crippen LogP contribution is -2.49. The van der Waals surface area contributed by atoms with Crippen LogP contribution in [0.5, 0.6) is 0 Å². The van der Waals surface area contributed by atoms with Gasteiger partial charge in [0.05, 0.1) is 12.5 Å². The van der Waals surface area contributed by atoms with Crippen molar-refractivity contribution in [3.63, 3.8) is 0 Å². The molecule has 7 heteroatoms. The number of para-hydroxylation sites is 1. The lowest BCUT2D eigenvalue weighted by molar-refractivity contribution is -0.133. The minimum atomic E-state index is -0.0758. The fourth-order valence-corrected chi connectivity index (χ4v) is 3.60. The van der Waals surface area contributed by atoms with Crippen LogP contribution in [0.1, 0.15) is 17.3 Å². The van der Waals surface area contributed by atoms with E-state index in [-0.39, 0.29) is 30.8 Å². The molecule has 26 heavy (non-hydrogen) atoms. The fourth-order valence-electron chi connectivity index (χ4n) is 3.34. The number of amides is 1. The molecule has 5 nitrogen and oxygen atoms in total. The van der Waals surface area contributed by atoms with E-state index in [0.29, 0.717) is 29.4 Å². The van der Waals surface area contributed by atoms with Crippen LogP contribution in [0.25, 0.3) is 11.0 Å². The van der Waals surface area contributed by atoms with Crippen molar-refractivity contribution in [2.75, 3.05) is 19.6 Å². The van der Waals surface area contributed by atoms with E-state index in [9.17, 15) is 4.79 Å². The molecule has 1 fully saturated rings. The molecule has 1 N–H and O–H groups in total. The molecule has 0 aliphatic carbocycles. The van der Waals surface area contributed by atoms with E-state index in [1.165, 1.54) is 0 Å². The van der Waals surface area contributed by atoms with Crippen molar-refractivity contribution in [2.24, 2.45) is 0 Å². The van der Waals surface area contributed by atoms with Gasteiger partial charge in [0.1, 0.15) is 5.69 Å². The molecule has 1 unspecified atom stereocenters. The third-order valence-electron chi connectivity index (χ3n) is 4.60. The number of halogens is 2. The molecule has 0 saturated carbocycles. The Morgan fingerprint density at radius 2 is 2.00 bits per heavy atom. The van der Waals surface area contributed by atoms with Gasteiger partial charge >= 0.3 is 0 Å². The summed E-state index contributed by atoms with van der Waals surface area (Å²) in [5.41, 5.74) is 2.35. The van der Waals surface area contributed by atoms with Crippen LogP contribution in [0.2, 0.25) is 5.02 Å². The van der Waals surface area contributed by atoms with Crippen molar-refractivity contribution in [2.45, 2.75) is 12.5 Å². The number of carbonyl (C=O) groups is 1. The summed E-state index contributed by atoms with van der Waals surface area (Å²) in [7, 11) is 0. The Bertz CT molecular complexity index is 912. The molecule has 1 aliphatic rings. The van der Waals surface area contributed by atoms with Gasteiger partial charge in [-0.05, 0) is 23.8 Å². The highest BCUT2D eigenvalue weighted by molar-refractivity contribution is 6.31. The number of nitrogens with one attached hydrogen (secondary N) is 1. The number of hydrogen-bond donors (Lipinski definition) is 1. The Hall–Kier alpha value is -2.08. The lowest BCUT2D eigenvalue weighted by Gasteiger charge is -2.37. The smallest absolute Gasteiger partial charge is 0.229 e. The van der Waals surface area contributed by atoms with Gasteiger partial charge < -0.3 is 14.7 Å². The number of piperazine rings is 1. The van der Waals surface area contributed by atoms with E-state index in [4.69, 9.17) is 16.1 Å². The van der Waals surface area contributed by atoms with E-state index in [2.05, 4.69) is 10.5 Å². The molecule has 4 rings (SSSR count). The SMILES string of the molecule is Cl.O=C(Cc1noc2ccccc12)N1CCNCC1c1ccccc1Cl. The number of carbonyl (C=O) groups excluding carboxylic acids is 1. The molecular weight excluding hydrogens is 373 g/mol. The molecule has 1 aliphatic heterocycles. The zero-order chi connectivity index (χ0) is 17.2. The van der Waals surface area contributed by atoms with Crippen LogP contribution in [0, 0.1) is 0 Å². The molecule has 1 atom stereocenters. The van der Waals surface area contributed by atoms with Crippen LogP contribution in [0.3, 0.4) is 0 Å². The van der Waals surface area contributed by atoms with E-state index in [1.807, 2.05) is 53.4 Å². The summed E-state index contributed by atoms with van der Waals surface area (Å²) < 4.78 is 5.31. The van der Waals surface area contributed by atoms with Gasteiger partial charge in [0, 0.05) is 30.0 Å². The van der Waals surface area contributed by atoms with Crippen LogP contribution < -0.4 is 5.32 Å². The molecular formula is C19H19Cl2N3O2. The summed E-state index contributed by atoms with van der Waals surface area (Å²) >= 11 is 6.36. The number of nitrogens with zero attached hydrogens (tertiary/aromatic N) is 2. The van der Waals surface area contributed by atoms with Crippen molar-refractivity contribution in [3.05, 3.63) is 64.8 Å². The van der Waals surface area contributed by atoms with Crippen LogP contribution in [0.4, 0.5) is 0 Å². The topological polar surface area (TPSA) is 58.4 Å². The summed E-state index contributed by atoms with van der Waals surface area (Å²) in [6.07, 6.45) is 0.220. The van der Waals surface area contributed by atoms with Crippen molar-refractivity contribution < 1.29 is 9.32 Å². The van der Waals surface area contributed by atoms with Crippen molar-refractivity contribution in [1.29, 1.82) is 0 Å². The minimum Gasteiger partial charge on any atom is -0.356 e. The highest BCUT2D eigenvalue weighted by Gasteiger charge is 2.29. The summed E-state index contributed by atoms with van der Waals surface area (Å²) in [6, 6.07) is 15.2. The summed E-state index contributed by atoms with van der Waals surface area (Å²) in [4.78, 5) is 14.9. The molecule has 0 bridgehead atoms. The summed E-state index contributed by atoms with van der Waals surface area (Å²) in [5.74, 6) is 0.0328. The third kappa shape index (κ3) is 3.56. The number of benzene rings is 2. The predicted octanol–water partition coefficient (Wildman–Crippen LogP) is 3.62. The second kappa shape index (κ2) is 8.08. The maximum atomic E-state index is 13.0. The molecule has 1 aromatic heterocycles. The van der Waals surface area contributed by atoms with Crippen LogP contribution >= 0.6 is 24.0 Å². The maximum absolute atomic E-state index is 13.0. The van der Waals surface area contributed by atoms with Gasteiger partial charge in [-0.3, -0.25) is 4.79 Å². The number of rotatable bonds is 3. The monoisotopic (exact) mass is 391 g/mol. The predicted molar refractivity (Wildman–Crippen MR) is 104 cm³/mol. The van der Waals surface area contributed by atoms with Gasteiger partial charge in [0.25, 0.3) is 0 Å². The zero-order valence-corrected chi connectivity index (χ0v) is 15.6. The minimum absolute atomic E-state index is 0. The Morgan fingerprint density at radius 3 is 2.85 bits per heavy atom. The second-order valence-electron chi connectivity index (χ2n) is 6.13. The highest BCUT2D eigenvalue weighted by atomic mass is 35.5. The van der Waals surface area contributed by atoms with Crippen LogP contribution in [-0.4, -0.2) is 35.6 Å². The van der Waals surface area contributed by atoms with Crippen molar-refractivity contribution in [1.82, 2.24) is 15.4 Å². The normalized spacial score (nSPS) is 17.1. The lowest BCUT2D eigenvalue weighted by atomic mass is 10.0. The standard InChI is InChI=1S/C19H18ClN3O2.ClH/c20-15-7-3-1-5-13(15)17-12-21-9-10-23(17)19(24)11-16-14-6-2-4-8-18(14)25-22-16;/h1-8,17,21H,9-12H2;1H. The second-order valence-corrected chi connectivity index (χ2v) is 6.54. The van der Waals surface area contributed by atoms with Gasteiger partial charge in [0.15, 0.2) is 5.58 Å². The molecule has 136 valence electrons. The molecule has 1 amide bonds. The number of fused-ring (bicyclic) bond motifs is 1.